The molecule has 0 fully saturated rings. The molecular formula is C19H20N2O7S. The van der Waals surface area contributed by atoms with Gasteiger partial charge in [-0.1, -0.05) is 18.2 Å². The summed E-state index contributed by atoms with van der Waals surface area (Å²) in [5.41, 5.74) is 0.702. The van der Waals surface area contributed by atoms with E-state index in [1.54, 1.807) is 18.2 Å². The molecule has 2 aromatic rings. The largest absolute Gasteiger partial charge is 0.465 e. The smallest absolute Gasteiger partial charge is 0.337 e. The van der Waals surface area contributed by atoms with E-state index in [0.717, 1.165) is 0 Å². The molecule has 0 heterocycles. The first-order valence-electron chi connectivity index (χ1n) is 8.45. The second-order valence-corrected chi connectivity index (χ2v) is 7.59. The minimum Gasteiger partial charge on any atom is -0.465 e. The first-order chi connectivity index (χ1) is 13.7. The van der Waals surface area contributed by atoms with Crippen LogP contribution in [0.3, 0.4) is 0 Å². The van der Waals surface area contributed by atoms with E-state index in [4.69, 9.17) is 4.74 Å². The maximum Gasteiger partial charge on any atom is 0.337 e. The molecule has 0 aromatic heterocycles. The van der Waals surface area contributed by atoms with Crippen LogP contribution in [0, 0.1) is 0 Å². The van der Waals surface area contributed by atoms with Crippen LogP contribution >= 0.6 is 0 Å². The van der Waals surface area contributed by atoms with Crippen molar-refractivity contribution >= 4 is 33.6 Å². The topological polar surface area (TPSA) is 128 Å². The van der Waals surface area contributed by atoms with Crippen LogP contribution < -0.4 is 10.0 Å². The fourth-order valence-electron chi connectivity index (χ4n) is 2.21. The van der Waals surface area contributed by atoms with Crippen LogP contribution in [0.25, 0.3) is 0 Å². The average molecular weight is 420 g/mol. The minimum absolute atomic E-state index is 0.00722. The zero-order chi connectivity index (χ0) is 21.4. The van der Waals surface area contributed by atoms with Crippen molar-refractivity contribution in [2.75, 3.05) is 19.0 Å². The Balaban J connectivity index is 1.85. The first-order valence-corrected chi connectivity index (χ1v) is 9.93. The summed E-state index contributed by atoms with van der Waals surface area (Å²) in [5, 5.41) is 2.49. The fourth-order valence-corrected chi connectivity index (χ4v) is 3.43. The molecule has 0 saturated carbocycles. The third kappa shape index (κ3) is 6.40. The zero-order valence-electron chi connectivity index (χ0n) is 15.7. The van der Waals surface area contributed by atoms with Crippen LogP contribution in [0.1, 0.15) is 17.3 Å². The molecule has 0 bridgehead atoms. The highest BCUT2D eigenvalue weighted by atomic mass is 32.2. The molecule has 0 aliphatic heterocycles. The molecule has 9 nitrogen and oxygen atoms in total. The number of rotatable bonds is 8. The molecule has 0 radical (unpaired) electrons. The standard InChI is InChI=1S/C19H20N2O7S/c1-13(21-29(25,26)16-6-4-3-5-7-16)18(23)28-12-17(22)20-15-10-8-14(9-11-15)19(24)27-2/h3-11,13,21H,12H2,1-2H3,(H,20,22)/t13-/m0/s1. The normalized spacial score (nSPS) is 11.9. The van der Waals surface area contributed by atoms with Gasteiger partial charge in [0.2, 0.25) is 10.0 Å². The molecule has 10 heteroatoms. The van der Waals surface area contributed by atoms with Gasteiger partial charge in [0, 0.05) is 5.69 Å². The van der Waals surface area contributed by atoms with Gasteiger partial charge in [-0.15, -0.1) is 0 Å². The van der Waals surface area contributed by atoms with Crippen LogP contribution in [0.15, 0.2) is 59.5 Å². The van der Waals surface area contributed by atoms with Crippen molar-refractivity contribution in [3.8, 4) is 0 Å². The summed E-state index contributed by atoms with van der Waals surface area (Å²) >= 11 is 0. The lowest BCUT2D eigenvalue weighted by Gasteiger charge is -2.14. The predicted molar refractivity (Wildman–Crippen MR) is 104 cm³/mol. The van der Waals surface area contributed by atoms with Gasteiger partial charge in [0.05, 0.1) is 17.6 Å². The summed E-state index contributed by atoms with van der Waals surface area (Å²) < 4.78 is 36.0. The van der Waals surface area contributed by atoms with Gasteiger partial charge >= 0.3 is 11.9 Å². The Morgan fingerprint density at radius 3 is 2.21 bits per heavy atom. The molecule has 2 N–H and O–H groups in total. The van der Waals surface area contributed by atoms with Crippen molar-refractivity contribution < 1.29 is 32.3 Å². The molecule has 154 valence electrons. The molecule has 0 aliphatic carbocycles. The number of esters is 2. The number of benzene rings is 2. The monoisotopic (exact) mass is 420 g/mol. The Morgan fingerprint density at radius 1 is 1.00 bits per heavy atom. The zero-order valence-corrected chi connectivity index (χ0v) is 16.6. The number of amides is 1. The highest BCUT2D eigenvalue weighted by Crippen LogP contribution is 2.11. The highest BCUT2D eigenvalue weighted by Gasteiger charge is 2.23. The van der Waals surface area contributed by atoms with E-state index in [1.165, 1.54) is 50.4 Å². The Bertz CT molecular complexity index is 973. The molecule has 29 heavy (non-hydrogen) atoms. The van der Waals surface area contributed by atoms with Crippen LogP contribution in [0.2, 0.25) is 0 Å². The van der Waals surface area contributed by atoms with Gasteiger partial charge in [-0.25, -0.2) is 13.2 Å². The van der Waals surface area contributed by atoms with E-state index in [9.17, 15) is 22.8 Å². The van der Waals surface area contributed by atoms with E-state index >= 15 is 0 Å². The van der Waals surface area contributed by atoms with E-state index in [2.05, 4.69) is 14.8 Å². The molecule has 2 aromatic carbocycles. The summed E-state index contributed by atoms with van der Waals surface area (Å²) in [6.07, 6.45) is 0. The lowest BCUT2D eigenvalue weighted by molar-refractivity contribution is -0.148. The third-order valence-electron chi connectivity index (χ3n) is 3.67. The summed E-state index contributed by atoms with van der Waals surface area (Å²) in [7, 11) is -2.64. The summed E-state index contributed by atoms with van der Waals surface area (Å²) in [6.45, 7) is 0.710. The van der Waals surface area contributed by atoms with Crippen LogP contribution in [-0.2, 0) is 29.1 Å². The minimum atomic E-state index is -3.89. The van der Waals surface area contributed by atoms with Gasteiger partial charge in [0.1, 0.15) is 6.04 Å². The Kier molecular flexibility index (Phi) is 7.46. The molecule has 0 saturated heterocycles. The Morgan fingerprint density at radius 2 is 1.62 bits per heavy atom. The Hall–Kier alpha value is -3.24. The number of anilines is 1. The van der Waals surface area contributed by atoms with E-state index in [-0.39, 0.29) is 4.90 Å². The molecule has 1 amide bonds. The van der Waals surface area contributed by atoms with Crippen molar-refractivity contribution in [1.82, 2.24) is 4.72 Å². The summed E-state index contributed by atoms with van der Waals surface area (Å²) in [6, 6.07) is 12.3. The second-order valence-electron chi connectivity index (χ2n) is 5.88. The van der Waals surface area contributed by atoms with Crippen molar-refractivity contribution in [3.63, 3.8) is 0 Å². The molecule has 0 unspecified atom stereocenters. The summed E-state index contributed by atoms with van der Waals surface area (Å²) in [5.74, 6) is -2.04. The van der Waals surface area contributed by atoms with Crippen LogP contribution in [-0.4, -0.2) is 46.0 Å². The highest BCUT2D eigenvalue weighted by molar-refractivity contribution is 7.89. The van der Waals surface area contributed by atoms with Gasteiger partial charge < -0.3 is 14.8 Å². The quantitative estimate of drug-likeness (QED) is 0.617. The average Bonchev–Trinajstić information content (AvgIpc) is 2.72. The van der Waals surface area contributed by atoms with Crippen LogP contribution in [0.5, 0.6) is 0 Å². The number of hydrogen-bond donors (Lipinski definition) is 2. The molecular weight excluding hydrogens is 400 g/mol. The van der Waals surface area contributed by atoms with Gasteiger partial charge in [-0.3, -0.25) is 9.59 Å². The number of methoxy groups -OCH3 is 1. The molecule has 1 atom stereocenters. The van der Waals surface area contributed by atoms with Crippen molar-refractivity contribution in [1.29, 1.82) is 0 Å². The summed E-state index contributed by atoms with van der Waals surface area (Å²) in [4.78, 5) is 35.3. The lowest BCUT2D eigenvalue weighted by atomic mass is 10.2. The maximum absolute atomic E-state index is 12.2. The first kappa shape index (κ1) is 22.1. The van der Waals surface area contributed by atoms with Crippen molar-refractivity contribution in [2.24, 2.45) is 0 Å². The van der Waals surface area contributed by atoms with Crippen LogP contribution in [0.4, 0.5) is 5.69 Å². The molecule has 0 spiro atoms. The van der Waals surface area contributed by atoms with E-state index < -0.39 is 40.5 Å². The van der Waals surface area contributed by atoms with E-state index in [0.29, 0.717) is 11.3 Å². The van der Waals surface area contributed by atoms with Crippen molar-refractivity contribution in [3.05, 3.63) is 60.2 Å². The second kappa shape index (κ2) is 9.80. The number of carbonyl (C=O) groups is 3. The predicted octanol–water partition coefficient (Wildman–Crippen LogP) is 1.32. The SMILES string of the molecule is COC(=O)c1ccc(NC(=O)COC(=O)[C@H](C)NS(=O)(=O)c2ccccc2)cc1. The fraction of sp³-hybridized carbons (Fsp3) is 0.211. The van der Waals surface area contributed by atoms with E-state index in [1.807, 2.05) is 0 Å². The van der Waals surface area contributed by atoms with Gasteiger partial charge in [0.25, 0.3) is 5.91 Å². The molecule has 2 rings (SSSR count). The lowest BCUT2D eigenvalue weighted by Crippen LogP contribution is -2.40. The number of sulfonamides is 1. The maximum atomic E-state index is 12.2. The number of nitrogens with one attached hydrogen (secondary N) is 2. The number of hydrogen-bond acceptors (Lipinski definition) is 7. The number of carbonyl (C=O) groups excluding carboxylic acids is 3. The van der Waals surface area contributed by atoms with Gasteiger partial charge in [-0.05, 0) is 43.3 Å². The molecule has 0 aliphatic rings. The van der Waals surface area contributed by atoms with Gasteiger partial charge in [-0.2, -0.15) is 4.72 Å². The number of ether oxygens (including phenoxy) is 2. The third-order valence-corrected chi connectivity index (χ3v) is 5.23. The van der Waals surface area contributed by atoms with Gasteiger partial charge in [0.15, 0.2) is 6.61 Å². The Labute approximate surface area is 168 Å². The van der Waals surface area contributed by atoms with Crippen molar-refractivity contribution in [2.45, 2.75) is 17.9 Å².